The molecule has 0 spiro atoms. The van der Waals surface area contributed by atoms with E-state index >= 15 is 0 Å². The molecule has 0 heterocycles. The van der Waals surface area contributed by atoms with Crippen molar-refractivity contribution < 1.29 is 9.53 Å². The second kappa shape index (κ2) is 5.65. The predicted octanol–water partition coefficient (Wildman–Crippen LogP) is 4.11. The van der Waals surface area contributed by atoms with Crippen LogP contribution in [0.3, 0.4) is 0 Å². The van der Waals surface area contributed by atoms with E-state index in [4.69, 9.17) is 16.3 Å². The van der Waals surface area contributed by atoms with Crippen LogP contribution in [-0.2, 0) is 4.79 Å². The predicted molar refractivity (Wildman–Crippen MR) is 80.2 cm³/mol. The fourth-order valence-corrected chi connectivity index (χ4v) is 4.02. The summed E-state index contributed by atoms with van der Waals surface area (Å²) in [5.74, 6) is 2.93. The van der Waals surface area contributed by atoms with Crippen molar-refractivity contribution in [2.45, 2.75) is 32.1 Å². The van der Waals surface area contributed by atoms with Crippen molar-refractivity contribution in [1.29, 1.82) is 0 Å². The van der Waals surface area contributed by atoms with Crippen LogP contribution in [0.5, 0.6) is 5.75 Å². The number of carbonyl (C=O) groups excluding carboxylic acids is 1. The highest BCUT2D eigenvalue weighted by molar-refractivity contribution is 6.31. The number of anilines is 1. The second-order valence-electron chi connectivity index (χ2n) is 6.03. The van der Waals surface area contributed by atoms with E-state index in [1.54, 1.807) is 25.3 Å². The lowest BCUT2D eigenvalue weighted by Crippen LogP contribution is -2.20. The first-order chi connectivity index (χ1) is 9.65. The van der Waals surface area contributed by atoms with E-state index in [0.717, 1.165) is 11.8 Å². The van der Waals surface area contributed by atoms with Crippen molar-refractivity contribution in [3.05, 3.63) is 23.2 Å². The van der Waals surface area contributed by atoms with Crippen molar-refractivity contribution in [3.8, 4) is 5.75 Å². The maximum atomic E-state index is 12.2. The Morgan fingerprint density at radius 2 is 2.25 bits per heavy atom. The molecule has 108 valence electrons. The number of hydrogen-bond donors (Lipinski definition) is 1. The third kappa shape index (κ3) is 2.78. The van der Waals surface area contributed by atoms with Gasteiger partial charge in [-0.3, -0.25) is 4.79 Å². The van der Waals surface area contributed by atoms with Crippen LogP contribution in [0.4, 0.5) is 5.69 Å². The molecule has 1 aromatic rings. The monoisotopic (exact) mass is 293 g/mol. The molecule has 3 rings (SSSR count). The number of rotatable bonds is 4. The summed E-state index contributed by atoms with van der Waals surface area (Å²) in [6.07, 6.45) is 5.86. The van der Waals surface area contributed by atoms with Crippen LogP contribution < -0.4 is 10.1 Å². The molecule has 3 nitrogen and oxygen atoms in total. The molecular weight excluding hydrogens is 274 g/mol. The number of hydrogen-bond acceptors (Lipinski definition) is 2. The highest BCUT2D eigenvalue weighted by Crippen LogP contribution is 2.49. The molecule has 2 fully saturated rings. The number of nitrogens with one attached hydrogen (secondary N) is 1. The first kappa shape index (κ1) is 13.7. The van der Waals surface area contributed by atoms with E-state index in [9.17, 15) is 4.79 Å². The van der Waals surface area contributed by atoms with E-state index in [0.29, 0.717) is 28.8 Å². The fraction of sp³-hybridized carbons (Fsp3) is 0.562. The Morgan fingerprint density at radius 3 is 2.90 bits per heavy atom. The summed E-state index contributed by atoms with van der Waals surface area (Å²) in [4.78, 5) is 12.2. The smallest absolute Gasteiger partial charge is 0.224 e. The summed E-state index contributed by atoms with van der Waals surface area (Å²) in [6, 6.07) is 5.26. The number of halogens is 1. The van der Waals surface area contributed by atoms with Crippen LogP contribution in [0.15, 0.2) is 18.2 Å². The molecule has 4 heteroatoms. The van der Waals surface area contributed by atoms with Crippen LogP contribution in [0.25, 0.3) is 0 Å². The third-order valence-electron chi connectivity index (χ3n) is 4.77. The number of methoxy groups -OCH3 is 1. The zero-order valence-electron chi connectivity index (χ0n) is 11.7. The minimum Gasteiger partial charge on any atom is -0.495 e. The van der Waals surface area contributed by atoms with Gasteiger partial charge in [-0.25, -0.2) is 0 Å². The molecule has 0 aliphatic heterocycles. The third-order valence-corrected chi connectivity index (χ3v) is 5.00. The summed E-state index contributed by atoms with van der Waals surface area (Å²) in [5.41, 5.74) is 0.660. The zero-order chi connectivity index (χ0) is 14.1. The highest BCUT2D eigenvalue weighted by atomic mass is 35.5. The summed E-state index contributed by atoms with van der Waals surface area (Å²) in [7, 11) is 1.59. The number of amides is 1. The molecule has 2 saturated carbocycles. The Labute approximate surface area is 124 Å². The number of fused-ring (bicyclic) bond motifs is 2. The first-order valence-electron chi connectivity index (χ1n) is 7.29. The largest absolute Gasteiger partial charge is 0.495 e. The quantitative estimate of drug-likeness (QED) is 0.907. The molecule has 0 unspecified atom stereocenters. The number of benzene rings is 1. The topological polar surface area (TPSA) is 38.3 Å². The summed E-state index contributed by atoms with van der Waals surface area (Å²) < 4.78 is 5.25. The minimum absolute atomic E-state index is 0.0723. The van der Waals surface area contributed by atoms with Gasteiger partial charge in [0.2, 0.25) is 5.91 Å². The van der Waals surface area contributed by atoms with Gasteiger partial charge in [0.25, 0.3) is 0 Å². The van der Waals surface area contributed by atoms with Crippen molar-refractivity contribution in [2.24, 2.45) is 17.8 Å². The van der Waals surface area contributed by atoms with Gasteiger partial charge in [-0.2, -0.15) is 0 Å². The van der Waals surface area contributed by atoms with Gasteiger partial charge in [0.15, 0.2) is 0 Å². The van der Waals surface area contributed by atoms with Gasteiger partial charge in [0.1, 0.15) is 5.75 Å². The summed E-state index contributed by atoms with van der Waals surface area (Å²) >= 11 is 5.97. The molecule has 1 aromatic carbocycles. The molecule has 20 heavy (non-hydrogen) atoms. The van der Waals surface area contributed by atoms with Crippen LogP contribution in [0, 0.1) is 17.8 Å². The van der Waals surface area contributed by atoms with Gasteiger partial charge < -0.3 is 10.1 Å². The molecule has 0 aromatic heterocycles. The SMILES string of the molecule is COc1ccc(Cl)cc1NC(=O)C[C@H]1C[C@@H]2CC[C@@H]1C2. The van der Waals surface area contributed by atoms with E-state index in [1.165, 1.54) is 25.7 Å². The summed E-state index contributed by atoms with van der Waals surface area (Å²) in [5, 5.41) is 3.54. The van der Waals surface area contributed by atoms with Crippen LogP contribution in [0.1, 0.15) is 32.1 Å². The van der Waals surface area contributed by atoms with Gasteiger partial charge in [0, 0.05) is 11.4 Å². The van der Waals surface area contributed by atoms with Crippen molar-refractivity contribution in [2.75, 3.05) is 12.4 Å². The van der Waals surface area contributed by atoms with Crippen LogP contribution in [0.2, 0.25) is 5.02 Å². The van der Waals surface area contributed by atoms with E-state index < -0.39 is 0 Å². The number of ether oxygens (including phenoxy) is 1. The van der Waals surface area contributed by atoms with Crippen molar-refractivity contribution in [1.82, 2.24) is 0 Å². The molecule has 3 atom stereocenters. The minimum atomic E-state index is 0.0723. The molecule has 1 amide bonds. The Bertz CT molecular complexity index is 517. The van der Waals surface area contributed by atoms with Gasteiger partial charge >= 0.3 is 0 Å². The fourth-order valence-electron chi connectivity index (χ4n) is 3.84. The Kier molecular flexibility index (Phi) is 3.88. The lowest BCUT2D eigenvalue weighted by molar-refractivity contribution is -0.117. The molecule has 2 aliphatic carbocycles. The average molecular weight is 294 g/mol. The van der Waals surface area contributed by atoms with Gasteiger partial charge in [-0.15, -0.1) is 0 Å². The number of carbonyl (C=O) groups is 1. The molecular formula is C16H20ClNO2. The normalized spacial score (nSPS) is 27.6. The zero-order valence-corrected chi connectivity index (χ0v) is 12.5. The average Bonchev–Trinajstić information content (AvgIpc) is 3.01. The maximum Gasteiger partial charge on any atom is 0.224 e. The molecule has 2 aliphatic rings. The maximum absolute atomic E-state index is 12.2. The van der Waals surface area contributed by atoms with Crippen LogP contribution in [-0.4, -0.2) is 13.0 Å². The van der Waals surface area contributed by atoms with Crippen LogP contribution >= 0.6 is 11.6 Å². The standard InChI is InChI=1S/C16H20ClNO2/c1-20-15-5-4-13(17)9-14(15)18-16(19)8-12-7-10-2-3-11(12)6-10/h4-5,9-12H,2-3,6-8H2,1H3,(H,18,19)/t10-,11-,12-/m1/s1. The molecule has 0 radical (unpaired) electrons. The lowest BCUT2D eigenvalue weighted by atomic mass is 9.86. The Morgan fingerprint density at radius 1 is 1.40 bits per heavy atom. The van der Waals surface area contributed by atoms with Crippen molar-refractivity contribution in [3.63, 3.8) is 0 Å². The Balaban J connectivity index is 1.63. The van der Waals surface area contributed by atoms with Gasteiger partial charge in [-0.05, 0) is 55.2 Å². The van der Waals surface area contributed by atoms with E-state index in [2.05, 4.69) is 5.32 Å². The molecule has 2 bridgehead atoms. The second-order valence-corrected chi connectivity index (χ2v) is 6.47. The van der Waals surface area contributed by atoms with E-state index in [-0.39, 0.29) is 5.91 Å². The van der Waals surface area contributed by atoms with Gasteiger partial charge in [0.05, 0.1) is 12.8 Å². The molecule has 0 saturated heterocycles. The Hall–Kier alpha value is -1.22. The highest BCUT2D eigenvalue weighted by Gasteiger charge is 2.40. The van der Waals surface area contributed by atoms with Crippen molar-refractivity contribution >= 4 is 23.2 Å². The van der Waals surface area contributed by atoms with E-state index in [1.807, 2.05) is 0 Å². The molecule has 1 N–H and O–H groups in total. The van der Waals surface area contributed by atoms with Gasteiger partial charge in [-0.1, -0.05) is 18.0 Å². The lowest BCUT2D eigenvalue weighted by Gasteiger charge is -2.21. The first-order valence-corrected chi connectivity index (χ1v) is 7.67. The summed E-state index contributed by atoms with van der Waals surface area (Å²) in [6.45, 7) is 0.